The van der Waals surface area contributed by atoms with Crippen LogP contribution in [-0.4, -0.2) is 5.91 Å². The second-order valence-corrected chi connectivity index (χ2v) is 6.99. The molecule has 0 saturated heterocycles. The Bertz CT molecular complexity index is 680. The summed E-state index contributed by atoms with van der Waals surface area (Å²) in [5, 5.41) is 2.44. The minimum absolute atomic E-state index is 0.0451. The predicted molar refractivity (Wildman–Crippen MR) is 81.2 cm³/mol. The minimum atomic E-state index is -4.49. The molecule has 0 aliphatic rings. The van der Waals surface area contributed by atoms with Gasteiger partial charge in [-0.1, -0.05) is 11.6 Å². The maximum absolute atomic E-state index is 12.7. The maximum Gasteiger partial charge on any atom is 0.416 e. The van der Waals surface area contributed by atoms with E-state index in [4.69, 9.17) is 11.6 Å². The molecule has 0 aliphatic carbocycles. The van der Waals surface area contributed by atoms with Crippen molar-refractivity contribution in [3.05, 3.63) is 49.1 Å². The molecule has 0 fully saturated rings. The lowest BCUT2D eigenvalue weighted by molar-refractivity contribution is -0.137. The SMILES string of the molecule is Cc1cc(C(=O)Nc2cc(C(F)(F)F)ccc2Cl)sc1Br. The third-order valence-corrected chi connectivity index (χ3v) is 5.09. The van der Waals surface area contributed by atoms with Crippen LogP contribution in [0.1, 0.15) is 20.8 Å². The summed E-state index contributed by atoms with van der Waals surface area (Å²) in [5.74, 6) is -0.505. The van der Waals surface area contributed by atoms with Gasteiger partial charge in [-0.2, -0.15) is 13.2 Å². The number of aryl methyl sites for hydroxylation is 1. The molecule has 0 bridgehead atoms. The average Bonchev–Trinajstić information content (AvgIpc) is 2.71. The van der Waals surface area contributed by atoms with Crippen LogP contribution in [0, 0.1) is 6.92 Å². The fourth-order valence-electron chi connectivity index (χ4n) is 1.55. The van der Waals surface area contributed by atoms with Gasteiger partial charge in [-0.25, -0.2) is 0 Å². The molecule has 112 valence electrons. The van der Waals surface area contributed by atoms with Gasteiger partial charge < -0.3 is 5.32 Å². The zero-order valence-corrected chi connectivity index (χ0v) is 13.7. The monoisotopic (exact) mass is 397 g/mol. The molecule has 0 aliphatic heterocycles. The Hall–Kier alpha value is -1.05. The van der Waals surface area contributed by atoms with E-state index in [0.29, 0.717) is 4.88 Å². The molecule has 0 unspecified atom stereocenters. The van der Waals surface area contributed by atoms with Crippen LogP contribution in [0.25, 0.3) is 0 Å². The van der Waals surface area contributed by atoms with Crippen molar-refractivity contribution in [3.8, 4) is 0 Å². The van der Waals surface area contributed by atoms with E-state index in [1.165, 1.54) is 11.3 Å². The highest BCUT2D eigenvalue weighted by molar-refractivity contribution is 9.11. The van der Waals surface area contributed by atoms with Crippen molar-refractivity contribution in [1.82, 2.24) is 0 Å². The van der Waals surface area contributed by atoms with Gasteiger partial charge in [-0.05, 0) is 52.7 Å². The van der Waals surface area contributed by atoms with Crippen molar-refractivity contribution in [1.29, 1.82) is 0 Å². The molecule has 1 heterocycles. The first kappa shape index (κ1) is 16.3. The molecule has 2 aromatic rings. The van der Waals surface area contributed by atoms with E-state index < -0.39 is 17.6 Å². The summed E-state index contributed by atoms with van der Waals surface area (Å²) < 4.78 is 38.8. The van der Waals surface area contributed by atoms with E-state index in [1.807, 2.05) is 6.92 Å². The summed E-state index contributed by atoms with van der Waals surface area (Å²) in [6, 6.07) is 4.43. The van der Waals surface area contributed by atoms with Gasteiger partial charge >= 0.3 is 6.18 Å². The third-order valence-electron chi connectivity index (χ3n) is 2.62. The zero-order valence-electron chi connectivity index (χ0n) is 10.5. The second-order valence-electron chi connectivity index (χ2n) is 4.21. The Labute approximate surface area is 136 Å². The predicted octanol–water partition coefficient (Wildman–Crippen LogP) is 5.74. The first-order valence-electron chi connectivity index (χ1n) is 5.62. The van der Waals surface area contributed by atoms with Crippen molar-refractivity contribution in [2.75, 3.05) is 5.32 Å². The third kappa shape index (κ3) is 3.78. The van der Waals surface area contributed by atoms with Crippen LogP contribution in [0.15, 0.2) is 28.1 Å². The molecule has 2 nitrogen and oxygen atoms in total. The van der Waals surface area contributed by atoms with Crippen molar-refractivity contribution < 1.29 is 18.0 Å². The van der Waals surface area contributed by atoms with Crippen molar-refractivity contribution in [3.63, 3.8) is 0 Å². The lowest BCUT2D eigenvalue weighted by Gasteiger charge is -2.11. The van der Waals surface area contributed by atoms with Crippen LogP contribution >= 0.6 is 38.9 Å². The van der Waals surface area contributed by atoms with E-state index in [0.717, 1.165) is 27.5 Å². The summed E-state index contributed by atoms with van der Waals surface area (Å²) in [5.41, 5.74) is -0.0651. The van der Waals surface area contributed by atoms with E-state index in [-0.39, 0.29) is 10.7 Å². The number of amides is 1. The summed E-state index contributed by atoms with van der Waals surface area (Å²) in [7, 11) is 0. The van der Waals surface area contributed by atoms with Crippen molar-refractivity contribution >= 4 is 50.5 Å². The lowest BCUT2D eigenvalue weighted by atomic mass is 10.2. The molecule has 0 saturated carbocycles. The van der Waals surface area contributed by atoms with E-state index in [9.17, 15) is 18.0 Å². The molecule has 1 amide bonds. The molecule has 0 radical (unpaired) electrons. The zero-order chi connectivity index (χ0) is 15.8. The van der Waals surface area contributed by atoms with E-state index >= 15 is 0 Å². The molecule has 1 aromatic heterocycles. The molecule has 0 spiro atoms. The first-order valence-corrected chi connectivity index (χ1v) is 7.61. The minimum Gasteiger partial charge on any atom is -0.320 e. The summed E-state index contributed by atoms with van der Waals surface area (Å²) in [4.78, 5) is 12.4. The number of hydrogen-bond donors (Lipinski definition) is 1. The number of hydrogen-bond acceptors (Lipinski definition) is 2. The maximum atomic E-state index is 12.7. The molecular weight excluding hydrogens is 391 g/mol. The van der Waals surface area contributed by atoms with Crippen LogP contribution < -0.4 is 5.32 Å². The first-order chi connectivity index (χ1) is 9.68. The Morgan fingerprint density at radius 2 is 2.00 bits per heavy atom. The summed E-state index contributed by atoms with van der Waals surface area (Å²) in [6.45, 7) is 1.81. The highest BCUT2D eigenvalue weighted by Gasteiger charge is 2.31. The summed E-state index contributed by atoms with van der Waals surface area (Å²) >= 11 is 10.3. The quantitative estimate of drug-likeness (QED) is 0.686. The van der Waals surface area contributed by atoms with Gasteiger partial charge in [0, 0.05) is 0 Å². The normalized spacial score (nSPS) is 11.5. The molecule has 1 aromatic carbocycles. The largest absolute Gasteiger partial charge is 0.416 e. The molecule has 21 heavy (non-hydrogen) atoms. The smallest absolute Gasteiger partial charge is 0.320 e. The number of rotatable bonds is 2. The summed E-state index contributed by atoms with van der Waals surface area (Å²) in [6.07, 6.45) is -4.49. The fourth-order valence-corrected chi connectivity index (χ4v) is 3.15. The van der Waals surface area contributed by atoms with Gasteiger partial charge in [-0.15, -0.1) is 11.3 Å². The van der Waals surface area contributed by atoms with Crippen molar-refractivity contribution in [2.45, 2.75) is 13.1 Å². The Morgan fingerprint density at radius 1 is 1.33 bits per heavy atom. The Kier molecular flexibility index (Phi) is 4.65. The van der Waals surface area contributed by atoms with Gasteiger partial charge in [0.1, 0.15) is 0 Å². The average molecular weight is 399 g/mol. The Balaban J connectivity index is 2.28. The van der Waals surface area contributed by atoms with Crippen LogP contribution in [-0.2, 0) is 6.18 Å². The molecule has 1 N–H and O–H groups in total. The lowest BCUT2D eigenvalue weighted by Crippen LogP contribution is -2.12. The van der Waals surface area contributed by atoms with Gasteiger partial charge in [0.05, 0.1) is 24.9 Å². The number of nitrogens with one attached hydrogen (secondary N) is 1. The Morgan fingerprint density at radius 3 is 2.52 bits per heavy atom. The number of halogens is 5. The van der Waals surface area contributed by atoms with E-state index in [1.54, 1.807) is 6.07 Å². The van der Waals surface area contributed by atoms with Gasteiger partial charge in [-0.3, -0.25) is 4.79 Å². The highest BCUT2D eigenvalue weighted by atomic mass is 79.9. The fraction of sp³-hybridized carbons (Fsp3) is 0.154. The molecule has 8 heteroatoms. The number of carbonyl (C=O) groups excluding carboxylic acids is 1. The van der Waals surface area contributed by atoms with Crippen LogP contribution in [0.3, 0.4) is 0 Å². The standard InChI is InChI=1S/C13H8BrClF3NOS/c1-6-4-10(21-11(6)14)12(20)19-9-5-7(13(16,17)18)2-3-8(9)15/h2-5H,1H3,(H,19,20). The number of carbonyl (C=O) groups is 1. The highest BCUT2D eigenvalue weighted by Crippen LogP contribution is 2.34. The number of anilines is 1. The number of thiophene rings is 1. The van der Waals surface area contributed by atoms with Crippen molar-refractivity contribution in [2.24, 2.45) is 0 Å². The molecular formula is C13H8BrClF3NOS. The van der Waals surface area contributed by atoms with E-state index in [2.05, 4.69) is 21.2 Å². The number of alkyl halides is 3. The van der Waals surface area contributed by atoms with Crippen LogP contribution in [0.2, 0.25) is 5.02 Å². The molecule has 0 atom stereocenters. The van der Waals surface area contributed by atoms with Gasteiger partial charge in [0.15, 0.2) is 0 Å². The second kappa shape index (κ2) is 5.98. The number of benzene rings is 1. The topological polar surface area (TPSA) is 29.1 Å². The van der Waals surface area contributed by atoms with Gasteiger partial charge in [0.25, 0.3) is 5.91 Å². The van der Waals surface area contributed by atoms with Crippen LogP contribution in [0.4, 0.5) is 18.9 Å². The van der Waals surface area contributed by atoms with Gasteiger partial charge in [0.2, 0.25) is 0 Å². The molecule has 2 rings (SSSR count). The van der Waals surface area contributed by atoms with Crippen LogP contribution in [0.5, 0.6) is 0 Å².